The highest BCUT2D eigenvalue weighted by Gasteiger charge is 2.61. The molecule has 0 aromatic rings. The molecule has 4 heteroatoms. The van der Waals surface area contributed by atoms with Crippen LogP contribution < -0.4 is 0 Å². The van der Waals surface area contributed by atoms with E-state index in [1.807, 2.05) is 0 Å². The van der Waals surface area contributed by atoms with Gasteiger partial charge in [0.1, 0.15) is 0 Å². The number of esters is 1. The third-order valence-electron chi connectivity index (χ3n) is 10.1. The number of carbonyl (C=O) groups excluding carboxylic acids is 1. The maximum Gasteiger partial charge on any atom is 0.302 e. The Morgan fingerprint density at radius 2 is 1.93 bits per heavy atom. The van der Waals surface area contributed by atoms with E-state index in [4.69, 9.17) is 9.47 Å². The van der Waals surface area contributed by atoms with Crippen molar-refractivity contribution in [1.29, 1.82) is 0 Å². The van der Waals surface area contributed by atoms with Gasteiger partial charge in [0.15, 0.2) is 6.29 Å². The van der Waals surface area contributed by atoms with E-state index in [0.29, 0.717) is 31.0 Å². The van der Waals surface area contributed by atoms with Gasteiger partial charge in [-0.1, -0.05) is 44.9 Å². The molecule has 1 N–H and O–H groups in total. The molecule has 4 aliphatic carbocycles. The maximum atomic E-state index is 11.5. The number of allylic oxidation sites excluding steroid dienone is 3. The summed E-state index contributed by atoms with van der Waals surface area (Å²) in [4.78, 5) is 11.5. The zero-order chi connectivity index (χ0) is 21.3. The highest BCUT2D eigenvalue weighted by atomic mass is 16.6. The lowest BCUT2D eigenvalue weighted by Crippen LogP contribution is -2.56. The molecule has 0 radical (unpaired) electrons. The van der Waals surface area contributed by atoms with E-state index in [0.717, 1.165) is 25.7 Å². The van der Waals surface area contributed by atoms with Crippen molar-refractivity contribution in [1.82, 2.24) is 0 Å². The molecule has 0 amide bonds. The number of hydrogen-bond donors (Lipinski definition) is 1. The van der Waals surface area contributed by atoms with Crippen LogP contribution in [0.4, 0.5) is 0 Å². The van der Waals surface area contributed by atoms with Crippen molar-refractivity contribution >= 4 is 5.97 Å². The summed E-state index contributed by atoms with van der Waals surface area (Å²) in [6.45, 7) is 9.97. The van der Waals surface area contributed by atoms with E-state index < -0.39 is 6.29 Å². The molecule has 5 aliphatic rings. The molecule has 0 aromatic heterocycles. The fourth-order valence-electron chi connectivity index (χ4n) is 8.63. The predicted molar refractivity (Wildman–Crippen MR) is 115 cm³/mol. The van der Waals surface area contributed by atoms with Gasteiger partial charge in [0.25, 0.3) is 0 Å². The third kappa shape index (κ3) is 2.82. The standard InChI is InChI=1S/C26H38O4/c1-16(27)30-15-24(2)11-5-12-25(3)20-10-13-26(4)19(18(20)7-9-21(24)25)8-6-17-14-29-23(28)22(17)26/h6-7,19-23,28H,5,8-15H2,1-4H3. The summed E-state index contributed by atoms with van der Waals surface area (Å²) in [5.41, 5.74) is 3.42. The minimum atomic E-state index is -0.644. The smallest absolute Gasteiger partial charge is 0.302 e. The van der Waals surface area contributed by atoms with Gasteiger partial charge in [-0.15, -0.1) is 0 Å². The summed E-state index contributed by atoms with van der Waals surface area (Å²) in [6, 6.07) is 0. The third-order valence-corrected chi connectivity index (χ3v) is 10.1. The fraction of sp³-hybridized carbons (Fsp3) is 0.808. The van der Waals surface area contributed by atoms with Crippen LogP contribution in [0.1, 0.15) is 72.6 Å². The van der Waals surface area contributed by atoms with E-state index in [1.165, 1.54) is 31.8 Å². The van der Waals surface area contributed by atoms with Crippen LogP contribution in [0, 0.1) is 39.9 Å². The summed E-state index contributed by atoms with van der Waals surface area (Å²) in [7, 11) is 0. The first-order chi connectivity index (χ1) is 14.2. The first-order valence-corrected chi connectivity index (χ1v) is 12.0. The summed E-state index contributed by atoms with van der Waals surface area (Å²) >= 11 is 0. The average molecular weight is 415 g/mol. The van der Waals surface area contributed by atoms with Gasteiger partial charge in [0.05, 0.1) is 13.2 Å². The number of ether oxygens (including phenoxy) is 2. The maximum absolute atomic E-state index is 11.5. The number of aliphatic hydroxyl groups is 1. The molecular formula is C26H38O4. The summed E-state index contributed by atoms with van der Waals surface area (Å²) < 4.78 is 11.2. The lowest BCUT2D eigenvalue weighted by molar-refractivity contribution is -0.154. The molecule has 1 aliphatic heterocycles. The van der Waals surface area contributed by atoms with Crippen LogP contribution in [0.15, 0.2) is 23.3 Å². The molecule has 0 spiro atoms. The number of carbonyl (C=O) groups is 1. The molecule has 4 nitrogen and oxygen atoms in total. The van der Waals surface area contributed by atoms with E-state index in [-0.39, 0.29) is 28.1 Å². The molecule has 3 fully saturated rings. The Kier molecular flexibility index (Phi) is 4.80. The van der Waals surface area contributed by atoms with Crippen LogP contribution in [-0.2, 0) is 14.3 Å². The van der Waals surface area contributed by atoms with Crippen molar-refractivity contribution in [2.24, 2.45) is 39.9 Å². The van der Waals surface area contributed by atoms with Crippen LogP contribution in [0.25, 0.3) is 0 Å². The molecule has 1 saturated heterocycles. The lowest BCUT2D eigenvalue weighted by Gasteiger charge is -2.62. The molecule has 30 heavy (non-hydrogen) atoms. The van der Waals surface area contributed by atoms with Gasteiger partial charge in [-0.05, 0) is 72.7 Å². The van der Waals surface area contributed by atoms with Crippen LogP contribution in [0.5, 0.6) is 0 Å². The molecule has 2 saturated carbocycles. The molecule has 0 bridgehead atoms. The zero-order valence-electron chi connectivity index (χ0n) is 19.1. The summed E-state index contributed by atoms with van der Waals surface area (Å²) in [6.07, 6.45) is 12.5. The Labute approximate surface area is 181 Å². The fourth-order valence-corrected chi connectivity index (χ4v) is 8.63. The predicted octanol–water partition coefficient (Wildman–Crippen LogP) is 5.02. The van der Waals surface area contributed by atoms with Gasteiger partial charge in [0.2, 0.25) is 0 Å². The molecule has 0 aromatic carbocycles. The minimum absolute atomic E-state index is 0.0660. The molecule has 166 valence electrons. The minimum Gasteiger partial charge on any atom is -0.465 e. The van der Waals surface area contributed by atoms with E-state index in [1.54, 1.807) is 5.57 Å². The second kappa shape index (κ2) is 6.93. The van der Waals surface area contributed by atoms with Crippen molar-refractivity contribution in [3.63, 3.8) is 0 Å². The van der Waals surface area contributed by atoms with Crippen molar-refractivity contribution < 1.29 is 19.4 Å². The van der Waals surface area contributed by atoms with Gasteiger partial charge in [0, 0.05) is 18.3 Å². The van der Waals surface area contributed by atoms with Crippen molar-refractivity contribution in [3.8, 4) is 0 Å². The van der Waals surface area contributed by atoms with E-state index >= 15 is 0 Å². The Morgan fingerprint density at radius 1 is 1.13 bits per heavy atom. The van der Waals surface area contributed by atoms with E-state index in [9.17, 15) is 9.90 Å². The Bertz CT molecular complexity index is 799. The largest absolute Gasteiger partial charge is 0.465 e. The van der Waals surface area contributed by atoms with Gasteiger partial charge >= 0.3 is 5.97 Å². The molecule has 8 unspecified atom stereocenters. The van der Waals surface area contributed by atoms with Crippen molar-refractivity contribution in [3.05, 3.63) is 23.3 Å². The molecular weight excluding hydrogens is 376 g/mol. The van der Waals surface area contributed by atoms with Gasteiger partial charge in [-0.25, -0.2) is 0 Å². The van der Waals surface area contributed by atoms with Crippen molar-refractivity contribution in [2.45, 2.75) is 78.9 Å². The number of aliphatic hydroxyl groups excluding tert-OH is 1. The first-order valence-electron chi connectivity index (χ1n) is 12.0. The Hall–Kier alpha value is -1.13. The van der Waals surface area contributed by atoms with Crippen LogP contribution in [-0.4, -0.2) is 30.6 Å². The first kappa shape index (κ1) is 20.8. The number of hydrogen-bond acceptors (Lipinski definition) is 4. The Morgan fingerprint density at radius 3 is 2.70 bits per heavy atom. The average Bonchev–Trinajstić information content (AvgIpc) is 3.08. The van der Waals surface area contributed by atoms with Crippen molar-refractivity contribution in [2.75, 3.05) is 13.2 Å². The molecule has 8 atom stereocenters. The van der Waals surface area contributed by atoms with Crippen LogP contribution in [0.3, 0.4) is 0 Å². The lowest BCUT2D eigenvalue weighted by atomic mass is 9.42. The Balaban J connectivity index is 1.48. The van der Waals surface area contributed by atoms with Gasteiger partial charge in [-0.3, -0.25) is 4.79 Å². The highest BCUT2D eigenvalue weighted by Crippen LogP contribution is 2.67. The quantitative estimate of drug-likeness (QED) is 0.509. The second-order valence-electron chi connectivity index (χ2n) is 11.6. The SMILES string of the molecule is CC(=O)OCC1(C)CCCC2(C)C3CCC4(C)C(CC=C5COC(O)C54)C3=CCC12. The topological polar surface area (TPSA) is 55.8 Å². The van der Waals surface area contributed by atoms with Crippen LogP contribution in [0.2, 0.25) is 0 Å². The molecule has 1 heterocycles. The number of rotatable bonds is 2. The van der Waals surface area contributed by atoms with Gasteiger partial charge < -0.3 is 14.6 Å². The van der Waals surface area contributed by atoms with Gasteiger partial charge in [-0.2, -0.15) is 0 Å². The summed E-state index contributed by atoms with van der Waals surface area (Å²) in [5.74, 6) is 1.68. The zero-order valence-corrected chi connectivity index (χ0v) is 19.1. The monoisotopic (exact) mass is 414 g/mol. The summed E-state index contributed by atoms with van der Waals surface area (Å²) in [5, 5.41) is 10.6. The van der Waals surface area contributed by atoms with Crippen LogP contribution >= 0.6 is 0 Å². The normalized spacial score (nSPS) is 49.7. The number of fused-ring (bicyclic) bond motifs is 7. The second-order valence-corrected chi connectivity index (χ2v) is 11.6. The highest BCUT2D eigenvalue weighted by molar-refractivity contribution is 5.65. The van der Waals surface area contributed by atoms with E-state index in [2.05, 4.69) is 32.9 Å². The molecule has 5 rings (SSSR count).